The normalized spacial score (nSPS) is 18.5. The van der Waals surface area contributed by atoms with Gasteiger partial charge in [-0.25, -0.2) is 9.97 Å². The molecule has 132 valence electrons. The minimum atomic E-state index is -0.111. The number of methoxy groups -OCH3 is 1. The summed E-state index contributed by atoms with van der Waals surface area (Å²) in [5.74, 6) is 1.51. The predicted octanol–water partition coefficient (Wildman–Crippen LogP) is 2.70. The Labute approximate surface area is 151 Å². The fourth-order valence-corrected chi connectivity index (χ4v) is 3.28. The Morgan fingerprint density at radius 2 is 1.88 bits per heavy atom. The van der Waals surface area contributed by atoms with Gasteiger partial charge in [0, 0.05) is 31.3 Å². The molecule has 4 rings (SSSR count). The van der Waals surface area contributed by atoms with E-state index in [1.165, 1.54) is 10.1 Å². The van der Waals surface area contributed by atoms with Crippen LogP contribution >= 0.6 is 0 Å². The number of hydrogen-bond acceptors (Lipinski definition) is 5. The molecule has 6 nitrogen and oxygen atoms in total. The molecule has 1 aliphatic rings. The fraction of sp³-hybridized carbons (Fsp3) is 0.250. The lowest BCUT2D eigenvalue weighted by molar-refractivity contribution is 0.398. The van der Waals surface area contributed by atoms with Gasteiger partial charge in [-0.2, -0.15) is 0 Å². The number of ether oxygens (including phenoxy) is 1. The van der Waals surface area contributed by atoms with Crippen LogP contribution in [0.4, 0.5) is 5.95 Å². The van der Waals surface area contributed by atoms with Crippen molar-refractivity contribution in [3.8, 4) is 17.0 Å². The van der Waals surface area contributed by atoms with E-state index in [1.807, 2.05) is 12.1 Å². The summed E-state index contributed by atoms with van der Waals surface area (Å²) in [6.45, 7) is 0. The maximum absolute atomic E-state index is 11.9. The van der Waals surface area contributed by atoms with Gasteiger partial charge in [0.05, 0.1) is 12.8 Å². The summed E-state index contributed by atoms with van der Waals surface area (Å²) in [7, 11) is 3.24. The van der Waals surface area contributed by atoms with E-state index in [0.717, 1.165) is 23.2 Å². The van der Waals surface area contributed by atoms with E-state index in [2.05, 4.69) is 34.2 Å². The van der Waals surface area contributed by atoms with Gasteiger partial charge < -0.3 is 10.5 Å². The Bertz CT molecular complexity index is 1010. The number of hydrogen-bond donors (Lipinski definition) is 1. The van der Waals surface area contributed by atoms with Crippen molar-refractivity contribution in [2.75, 3.05) is 12.8 Å². The Hall–Kier alpha value is -3.15. The van der Waals surface area contributed by atoms with Crippen LogP contribution in [0.3, 0.4) is 0 Å². The Morgan fingerprint density at radius 1 is 1.12 bits per heavy atom. The molecule has 0 unspecified atom stereocenters. The summed E-state index contributed by atoms with van der Waals surface area (Å²) in [5.41, 5.74) is 9.93. The Balaban J connectivity index is 1.54. The number of nitrogens with two attached hydrogens (primary N) is 1. The van der Waals surface area contributed by atoms with E-state index < -0.39 is 0 Å². The number of rotatable bonds is 4. The van der Waals surface area contributed by atoms with Gasteiger partial charge in [-0.1, -0.05) is 24.3 Å². The number of anilines is 1. The predicted molar refractivity (Wildman–Crippen MR) is 100 cm³/mol. The summed E-state index contributed by atoms with van der Waals surface area (Å²) >= 11 is 0. The molecule has 0 amide bonds. The summed E-state index contributed by atoms with van der Waals surface area (Å²) in [5, 5.41) is 0. The molecule has 6 heteroatoms. The van der Waals surface area contributed by atoms with Crippen molar-refractivity contribution in [2.45, 2.75) is 18.3 Å². The zero-order valence-corrected chi connectivity index (χ0v) is 14.7. The second kappa shape index (κ2) is 6.29. The SMILES string of the molecule is COc1cc(-c2ccc([C@@H]3C[C@@H]3c3cc(=O)n(C)c(N)n3)cc2)ccn1. The first-order chi connectivity index (χ1) is 12.6. The fourth-order valence-electron chi connectivity index (χ4n) is 3.28. The number of aromatic nitrogens is 3. The van der Waals surface area contributed by atoms with Crippen molar-refractivity contribution in [1.82, 2.24) is 14.5 Å². The molecular weight excluding hydrogens is 328 g/mol. The second-order valence-electron chi connectivity index (χ2n) is 6.59. The molecule has 26 heavy (non-hydrogen) atoms. The van der Waals surface area contributed by atoms with Gasteiger partial charge in [-0.3, -0.25) is 9.36 Å². The molecule has 1 aliphatic carbocycles. The summed E-state index contributed by atoms with van der Waals surface area (Å²) in [6, 6.07) is 14.0. The molecular formula is C20H20N4O2. The van der Waals surface area contributed by atoms with Crippen LogP contribution < -0.4 is 16.0 Å². The lowest BCUT2D eigenvalue weighted by Gasteiger charge is -2.07. The lowest BCUT2D eigenvalue weighted by Crippen LogP contribution is -2.21. The molecule has 0 aliphatic heterocycles. The average molecular weight is 348 g/mol. The molecule has 0 radical (unpaired) electrons. The lowest BCUT2D eigenvalue weighted by atomic mass is 10.0. The van der Waals surface area contributed by atoms with Crippen molar-refractivity contribution in [1.29, 1.82) is 0 Å². The van der Waals surface area contributed by atoms with Gasteiger partial charge in [-0.05, 0) is 35.1 Å². The largest absolute Gasteiger partial charge is 0.481 e. The van der Waals surface area contributed by atoms with Crippen LogP contribution in [0.5, 0.6) is 5.88 Å². The maximum Gasteiger partial charge on any atom is 0.254 e. The molecule has 2 N–H and O–H groups in total. The van der Waals surface area contributed by atoms with E-state index >= 15 is 0 Å². The first kappa shape index (κ1) is 16.3. The minimum absolute atomic E-state index is 0.111. The molecule has 0 bridgehead atoms. The zero-order valence-electron chi connectivity index (χ0n) is 14.7. The number of benzene rings is 1. The van der Waals surface area contributed by atoms with Crippen LogP contribution in [-0.4, -0.2) is 21.6 Å². The highest BCUT2D eigenvalue weighted by atomic mass is 16.5. The minimum Gasteiger partial charge on any atom is -0.481 e. The third-order valence-electron chi connectivity index (χ3n) is 4.98. The van der Waals surface area contributed by atoms with Crippen molar-refractivity contribution in [3.63, 3.8) is 0 Å². The molecule has 1 aromatic carbocycles. The zero-order chi connectivity index (χ0) is 18.3. The molecule has 2 aromatic heterocycles. The van der Waals surface area contributed by atoms with E-state index in [-0.39, 0.29) is 17.4 Å². The molecule has 1 saturated carbocycles. The van der Waals surface area contributed by atoms with Crippen molar-refractivity contribution < 1.29 is 4.74 Å². The molecule has 1 fully saturated rings. The highest BCUT2D eigenvalue weighted by Crippen LogP contribution is 2.54. The first-order valence-corrected chi connectivity index (χ1v) is 8.50. The number of nitrogen functional groups attached to an aromatic ring is 1. The molecule has 0 spiro atoms. The topological polar surface area (TPSA) is 83.0 Å². The summed E-state index contributed by atoms with van der Waals surface area (Å²) in [6.07, 6.45) is 2.73. The van der Waals surface area contributed by atoms with Gasteiger partial charge in [0.1, 0.15) is 0 Å². The smallest absolute Gasteiger partial charge is 0.254 e. The summed E-state index contributed by atoms with van der Waals surface area (Å²) < 4.78 is 6.54. The molecule has 2 heterocycles. The standard InChI is InChI=1S/C20H20N4O2/c1-24-19(25)11-17(23-20(24)21)16-10-15(16)13-5-3-12(4-6-13)14-7-8-22-18(9-14)26-2/h3-9,11,15-16H,10H2,1-2H3,(H2,21,23)/t15-,16-/m0/s1. The highest BCUT2D eigenvalue weighted by Gasteiger charge is 2.41. The molecule has 3 aromatic rings. The Morgan fingerprint density at radius 3 is 2.58 bits per heavy atom. The van der Waals surface area contributed by atoms with Crippen LogP contribution in [0.2, 0.25) is 0 Å². The third kappa shape index (κ3) is 2.94. The van der Waals surface area contributed by atoms with Crippen LogP contribution in [0.25, 0.3) is 11.1 Å². The van der Waals surface area contributed by atoms with Crippen LogP contribution in [-0.2, 0) is 7.05 Å². The van der Waals surface area contributed by atoms with Crippen molar-refractivity contribution in [3.05, 3.63) is 70.3 Å². The number of pyridine rings is 1. The Kier molecular flexibility index (Phi) is 3.95. The molecule has 0 saturated heterocycles. The number of nitrogens with zero attached hydrogens (tertiary/aromatic N) is 3. The van der Waals surface area contributed by atoms with E-state index in [0.29, 0.717) is 11.8 Å². The van der Waals surface area contributed by atoms with E-state index in [9.17, 15) is 4.79 Å². The van der Waals surface area contributed by atoms with Crippen molar-refractivity contribution >= 4 is 5.95 Å². The van der Waals surface area contributed by atoms with Gasteiger partial charge >= 0.3 is 0 Å². The van der Waals surface area contributed by atoms with E-state index in [4.69, 9.17) is 10.5 Å². The molecule has 2 atom stereocenters. The van der Waals surface area contributed by atoms with E-state index in [1.54, 1.807) is 26.4 Å². The average Bonchev–Trinajstić information content (AvgIpc) is 3.47. The van der Waals surface area contributed by atoms with Crippen LogP contribution in [0.15, 0.2) is 53.5 Å². The van der Waals surface area contributed by atoms with Crippen LogP contribution in [0, 0.1) is 0 Å². The third-order valence-corrected chi connectivity index (χ3v) is 4.98. The van der Waals surface area contributed by atoms with Gasteiger partial charge in [0.2, 0.25) is 11.8 Å². The van der Waals surface area contributed by atoms with Gasteiger partial charge in [0.15, 0.2) is 0 Å². The summed E-state index contributed by atoms with van der Waals surface area (Å²) in [4.78, 5) is 20.4. The quantitative estimate of drug-likeness (QED) is 0.784. The highest BCUT2D eigenvalue weighted by molar-refractivity contribution is 5.64. The van der Waals surface area contributed by atoms with Crippen LogP contribution in [0.1, 0.15) is 29.5 Å². The van der Waals surface area contributed by atoms with Crippen molar-refractivity contribution in [2.24, 2.45) is 7.05 Å². The first-order valence-electron chi connectivity index (χ1n) is 8.50. The van der Waals surface area contributed by atoms with Gasteiger partial charge in [-0.15, -0.1) is 0 Å². The second-order valence-corrected chi connectivity index (χ2v) is 6.59. The maximum atomic E-state index is 11.9. The van der Waals surface area contributed by atoms with Gasteiger partial charge in [0.25, 0.3) is 5.56 Å². The monoisotopic (exact) mass is 348 g/mol.